The number of carbonyl (C=O) groups is 1. The summed E-state index contributed by atoms with van der Waals surface area (Å²) in [6, 6.07) is 0.642. The van der Waals surface area contributed by atoms with Crippen LogP contribution < -0.4 is 4.90 Å². The molecule has 0 spiro atoms. The molecule has 0 bridgehead atoms. The molecule has 186 valence electrons. The minimum absolute atomic E-state index is 0.00461. The van der Waals surface area contributed by atoms with E-state index in [1.165, 1.54) is 6.20 Å². The van der Waals surface area contributed by atoms with E-state index in [1.54, 1.807) is 20.7 Å². The number of aliphatic hydroxyl groups is 1. The Balaban J connectivity index is 1.50. The second kappa shape index (κ2) is 9.05. The van der Waals surface area contributed by atoms with Crippen molar-refractivity contribution in [3.8, 4) is 11.3 Å². The zero-order valence-corrected chi connectivity index (χ0v) is 19.4. The lowest BCUT2D eigenvalue weighted by Gasteiger charge is -2.40. The summed E-state index contributed by atoms with van der Waals surface area (Å²) in [7, 11) is 0. The molecule has 0 aliphatic carbocycles. The largest absolute Gasteiger partial charge is 0.444 e. The number of likely N-dealkylation sites (tertiary alicyclic amines) is 1. The second-order valence-electron chi connectivity index (χ2n) is 9.66. The summed E-state index contributed by atoms with van der Waals surface area (Å²) in [5, 5.41) is 13.8. The summed E-state index contributed by atoms with van der Waals surface area (Å²) >= 11 is 0. The number of rotatable bonds is 4. The third kappa shape index (κ3) is 5.26. The van der Waals surface area contributed by atoms with E-state index in [0.717, 1.165) is 6.07 Å². The number of aromatic nitrogens is 4. The molecule has 2 aromatic rings. The van der Waals surface area contributed by atoms with Gasteiger partial charge in [0.2, 0.25) is 5.95 Å². The number of aliphatic hydroxyl groups excluding tert-OH is 1. The van der Waals surface area contributed by atoms with Crippen molar-refractivity contribution in [3.63, 3.8) is 0 Å². The minimum atomic E-state index is -4.63. The number of hydrogen-bond acceptors (Lipinski definition) is 7. The van der Waals surface area contributed by atoms with Crippen LogP contribution in [0.1, 0.15) is 51.8 Å². The van der Waals surface area contributed by atoms with Gasteiger partial charge in [0.1, 0.15) is 5.60 Å². The highest BCUT2D eigenvalue weighted by Gasteiger charge is 2.37. The lowest BCUT2D eigenvalue weighted by Crippen LogP contribution is -2.51. The number of hydrogen-bond donors (Lipinski definition) is 1. The number of piperidine rings is 1. The number of carbonyl (C=O) groups excluding carboxylic acids is 1. The monoisotopic (exact) mass is 482 g/mol. The molecule has 2 aromatic heterocycles. The van der Waals surface area contributed by atoms with Crippen molar-refractivity contribution >= 4 is 12.0 Å². The summed E-state index contributed by atoms with van der Waals surface area (Å²) in [5.74, 6) is -0.0476. The molecule has 0 saturated carbocycles. The van der Waals surface area contributed by atoms with Gasteiger partial charge in [0.15, 0.2) is 5.69 Å². The standard InChI is InChI=1S/C22H29F3N6O3/c1-21(2,3)34-20(33)29-7-4-15(5-8-29)31-12-14(11-26-31)17-10-18(22(23,24)25)28-19(27-17)30-9-6-16(30)13-32/h10-12,15-16,32H,4-9,13H2,1-3H3/t16-/m1/s1. The Morgan fingerprint density at radius 2 is 1.85 bits per heavy atom. The highest BCUT2D eigenvalue weighted by atomic mass is 19.4. The van der Waals surface area contributed by atoms with Crippen LogP contribution in [-0.4, -0.2) is 73.7 Å². The topological polar surface area (TPSA) is 96.6 Å². The van der Waals surface area contributed by atoms with Crippen LogP contribution in [0.3, 0.4) is 0 Å². The lowest BCUT2D eigenvalue weighted by atomic mass is 10.1. The summed E-state index contributed by atoms with van der Waals surface area (Å²) in [5.41, 5.74) is -1.03. The molecule has 1 N–H and O–H groups in total. The van der Waals surface area contributed by atoms with Gasteiger partial charge in [-0.1, -0.05) is 0 Å². The zero-order chi connectivity index (χ0) is 24.7. The smallest absolute Gasteiger partial charge is 0.433 e. The normalized spacial score (nSPS) is 19.8. The number of nitrogens with zero attached hydrogens (tertiary/aromatic N) is 6. The Hall–Kier alpha value is -2.89. The first-order chi connectivity index (χ1) is 15.9. The van der Waals surface area contributed by atoms with Crippen LogP contribution in [0.15, 0.2) is 18.5 Å². The van der Waals surface area contributed by atoms with Gasteiger partial charge in [-0.25, -0.2) is 14.8 Å². The maximum absolute atomic E-state index is 13.5. The number of ether oxygens (including phenoxy) is 1. The molecule has 12 heteroatoms. The van der Waals surface area contributed by atoms with E-state index in [-0.39, 0.29) is 36.4 Å². The van der Waals surface area contributed by atoms with Crippen LogP contribution in [-0.2, 0) is 10.9 Å². The molecule has 9 nitrogen and oxygen atoms in total. The van der Waals surface area contributed by atoms with E-state index >= 15 is 0 Å². The SMILES string of the molecule is CC(C)(C)OC(=O)N1CCC(n2cc(-c3cc(C(F)(F)F)nc(N4CC[C@@H]4CO)n3)cn2)CC1. The fourth-order valence-corrected chi connectivity index (χ4v) is 4.06. The highest BCUT2D eigenvalue weighted by Crippen LogP contribution is 2.34. The molecule has 4 heterocycles. The third-order valence-electron chi connectivity index (χ3n) is 6.00. The van der Waals surface area contributed by atoms with Crippen molar-refractivity contribution in [1.29, 1.82) is 0 Å². The molecule has 2 fully saturated rings. The van der Waals surface area contributed by atoms with Gasteiger partial charge in [-0.2, -0.15) is 18.3 Å². The van der Waals surface area contributed by atoms with Crippen LogP contribution in [0.5, 0.6) is 0 Å². The molecule has 34 heavy (non-hydrogen) atoms. The minimum Gasteiger partial charge on any atom is -0.444 e. The Morgan fingerprint density at radius 1 is 1.15 bits per heavy atom. The van der Waals surface area contributed by atoms with E-state index in [9.17, 15) is 23.1 Å². The Labute approximate surface area is 195 Å². The zero-order valence-electron chi connectivity index (χ0n) is 19.4. The van der Waals surface area contributed by atoms with Crippen molar-refractivity contribution in [2.45, 2.75) is 63.9 Å². The average molecular weight is 483 g/mol. The summed E-state index contributed by atoms with van der Waals surface area (Å²) in [6.07, 6.45) is 0.158. The van der Waals surface area contributed by atoms with Gasteiger partial charge < -0.3 is 19.6 Å². The third-order valence-corrected chi connectivity index (χ3v) is 6.00. The maximum atomic E-state index is 13.5. The van der Waals surface area contributed by atoms with Crippen LogP contribution in [0.25, 0.3) is 11.3 Å². The molecule has 0 unspecified atom stereocenters. The van der Waals surface area contributed by atoms with Crippen molar-refractivity contribution in [2.24, 2.45) is 0 Å². The predicted molar refractivity (Wildman–Crippen MR) is 117 cm³/mol. The van der Waals surface area contributed by atoms with Gasteiger partial charge in [0.05, 0.1) is 30.6 Å². The van der Waals surface area contributed by atoms with Gasteiger partial charge in [-0.3, -0.25) is 4.68 Å². The van der Waals surface area contributed by atoms with E-state index in [2.05, 4.69) is 15.1 Å². The Morgan fingerprint density at radius 3 is 2.41 bits per heavy atom. The average Bonchev–Trinajstić information content (AvgIpc) is 3.22. The maximum Gasteiger partial charge on any atom is 0.433 e. The van der Waals surface area contributed by atoms with Crippen LogP contribution in [0.4, 0.5) is 23.9 Å². The summed E-state index contributed by atoms with van der Waals surface area (Å²) in [4.78, 5) is 23.6. The highest BCUT2D eigenvalue weighted by molar-refractivity contribution is 5.68. The summed E-state index contributed by atoms with van der Waals surface area (Å²) < 4.78 is 47.7. The molecular weight excluding hydrogens is 453 g/mol. The molecular formula is C22H29F3N6O3. The van der Waals surface area contributed by atoms with Crippen molar-refractivity contribution in [3.05, 3.63) is 24.2 Å². The first-order valence-corrected chi connectivity index (χ1v) is 11.3. The van der Waals surface area contributed by atoms with Crippen molar-refractivity contribution in [2.75, 3.05) is 31.1 Å². The van der Waals surface area contributed by atoms with Crippen LogP contribution >= 0.6 is 0 Å². The Bertz CT molecular complexity index is 1030. The number of anilines is 1. The first-order valence-electron chi connectivity index (χ1n) is 11.3. The lowest BCUT2D eigenvalue weighted by molar-refractivity contribution is -0.141. The van der Waals surface area contributed by atoms with Gasteiger partial charge >= 0.3 is 12.3 Å². The molecule has 2 aliphatic rings. The van der Waals surface area contributed by atoms with Gasteiger partial charge in [-0.15, -0.1) is 0 Å². The fourth-order valence-electron chi connectivity index (χ4n) is 4.06. The van der Waals surface area contributed by atoms with Gasteiger partial charge in [-0.05, 0) is 46.1 Å². The number of amides is 1. The van der Waals surface area contributed by atoms with E-state index in [4.69, 9.17) is 4.74 Å². The predicted octanol–water partition coefficient (Wildman–Crippen LogP) is 3.50. The second-order valence-corrected chi connectivity index (χ2v) is 9.66. The molecule has 0 aromatic carbocycles. The van der Waals surface area contributed by atoms with Crippen molar-refractivity contribution in [1.82, 2.24) is 24.6 Å². The number of halogens is 3. The molecule has 2 saturated heterocycles. The van der Waals surface area contributed by atoms with E-state index in [0.29, 0.717) is 44.5 Å². The molecule has 1 atom stereocenters. The first kappa shape index (κ1) is 24.2. The number of alkyl halides is 3. The van der Waals surface area contributed by atoms with Crippen LogP contribution in [0.2, 0.25) is 0 Å². The molecule has 1 amide bonds. The summed E-state index contributed by atoms with van der Waals surface area (Å²) in [6.45, 7) is 6.77. The quantitative estimate of drug-likeness (QED) is 0.713. The van der Waals surface area contributed by atoms with E-state index in [1.807, 2.05) is 20.8 Å². The Kier molecular flexibility index (Phi) is 6.45. The van der Waals surface area contributed by atoms with Gasteiger partial charge in [0, 0.05) is 31.4 Å². The molecule has 4 rings (SSSR count). The fraction of sp³-hybridized carbons (Fsp3) is 0.636. The van der Waals surface area contributed by atoms with Crippen molar-refractivity contribution < 1.29 is 27.8 Å². The molecule has 0 radical (unpaired) electrons. The van der Waals surface area contributed by atoms with Gasteiger partial charge in [0.25, 0.3) is 0 Å². The van der Waals surface area contributed by atoms with Crippen LogP contribution in [0, 0.1) is 0 Å². The molecule has 2 aliphatic heterocycles. The van der Waals surface area contributed by atoms with E-state index < -0.39 is 17.5 Å².